The number of aromatic nitrogens is 2. The van der Waals surface area contributed by atoms with E-state index in [1.807, 2.05) is 34.2 Å². The Balaban J connectivity index is 1.38. The molecule has 36 heavy (non-hydrogen) atoms. The summed E-state index contributed by atoms with van der Waals surface area (Å²) in [5.41, 5.74) is 5.37. The molecule has 0 N–H and O–H groups in total. The first kappa shape index (κ1) is 23.7. The Morgan fingerprint density at radius 1 is 0.917 bits per heavy atom. The first-order valence-corrected chi connectivity index (χ1v) is 12.6. The topological polar surface area (TPSA) is 64.9 Å². The first-order valence-electron chi connectivity index (χ1n) is 12.6. The molecule has 7 nitrogen and oxygen atoms in total. The highest BCUT2D eigenvalue weighted by Crippen LogP contribution is 2.31. The molecule has 0 aliphatic carbocycles. The van der Waals surface area contributed by atoms with Crippen molar-refractivity contribution in [1.82, 2.24) is 19.9 Å². The van der Waals surface area contributed by atoms with Crippen LogP contribution in [0.15, 0.2) is 84.2 Å². The fourth-order valence-electron chi connectivity index (χ4n) is 4.81. The van der Waals surface area contributed by atoms with Gasteiger partial charge in [0, 0.05) is 44.5 Å². The van der Waals surface area contributed by atoms with Crippen molar-refractivity contribution in [3.8, 4) is 0 Å². The van der Waals surface area contributed by atoms with Crippen LogP contribution < -0.4 is 4.90 Å². The van der Waals surface area contributed by atoms with Gasteiger partial charge in [0.05, 0.1) is 11.4 Å². The lowest BCUT2D eigenvalue weighted by Crippen LogP contribution is -2.51. The number of hydrogen-bond acceptors (Lipinski definition) is 6. The van der Waals surface area contributed by atoms with Crippen LogP contribution in [0.2, 0.25) is 0 Å². The van der Waals surface area contributed by atoms with Crippen molar-refractivity contribution < 1.29 is 4.79 Å². The molecular weight excluding hydrogens is 448 g/mol. The molecule has 0 radical (unpaired) electrons. The fourth-order valence-corrected chi connectivity index (χ4v) is 4.81. The summed E-state index contributed by atoms with van der Waals surface area (Å²) in [6.45, 7) is 7.19. The van der Waals surface area contributed by atoms with Crippen LogP contribution in [0.1, 0.15) is 30.0 Å². The minimum atomic E-state index is 0.0771. The van der Waals surface area contributed by atoms with Crippen LogP contribution in [0.3, 0.4) is 0 Å². The number of benzene rings is 2. The Bertz CT molecular complexity index is 1250. The van der Waals surface area contributed by atoms with Crippen molar-refractivity contribution in [3.63, 3.8) is 0 Å². The number of hydrazone groups is 1. The van der Waals surface area contributed by atoms with Crippen molar-refractivity contribution in [3.05, 3.63) is 95.8 Å². The van der Waals surface area contributed by atoms with Gasteiger partial charge < -0.3 is 9.80 Å². The van der Waals surface area contributed by atoms with E-state index in [1.54, 1.807) is 12.4 Å². The second-order valence-corrected chi connectivity index (χ2v) is 9.26. The second-order valence-electron chi connectivity index (χ2n) is 9.26. The first-order chi connectivity index (χ1) is 17.6. The van der Waals surface area contributed by atoms with Gasteiger partial charge in [0.25, 0.3) is 0 Å². The zero-order valence-corrected chi connectivity index (χ0v) is 20.9. The molecule has 3 heterocycles. The number of aryl methyl sites for hydroxylation is 1. The smallest absolute Gasteiger partial charge is 0.244 e. The average molecular weight is 481 g/mol. The highest BCUT2D eigenvalue weighted by Gasteiger charge is 2.29. The van der Waals surface area contributed by atoms with Gasteiger partial charge >= 0.3 is 0 Å². The number of piperazine rings is 1. The third kappa shape index (κ3) is 5.15. The number of hydrogen-bond donors (Lipinski definition) is 0. The molecule has 0 spiro atoms. The van der Waals surface area contributed by atoms with Crippen LogP contribution in [0.4, 0.5) is 5.95 Å². The quantitative estimate of drug-likeness (QED) is 0.529. The maximum absolute atomic E-state index is 13.5. The van der Waals surface area contributed by atoms with Crippen LogP contribution in [-0.4, -0.2) is 64.2 Å². The standard InChI is InChI=1S/C29H32N6O/c1-3-23-20-26(25-12-7-9-22(2)19-25)35(32-28(23)24-10-5-4-6-11-24)21-27(36)33-15-17-34(18-16-33)29-30-13-8-14-31-29/h4-14,19-20,23H,3,15-18,21H2,1-2H3. The molecule has 1 aromatic heterocycles. The number of rotatable bonds is 6. The molecule has 2 aliphatic heterocycles. The predicted octanol–water partition coefficient (Wildman–Crippen LogP) is 4.22. The van der Waals surface area contributed by atoms with Crippen molar-refractivity contribution in [1.29, 1.82) is 0 Å². The normalized spacial score (nSPS) is 18.1. The van der Waals surface area contributed by atoms with Gasteiger partial charge in [-0.25, -0.2) is 9.97 Å². The molecule has 0 bridgehead atoms. The number of nitrogens with zero attached hydrogens (tertiary/aromatic N) is 6. The summed E-state index contributed by atoms with van der Waals surface area (Å²) in [6.07, 6.45) is 6.72. The molecule has 1 amide bonds. The van der Waals surface area contributed by atoms with E-state index in [0.29, 0.717) is 32.1 Å². The number of anilines is 1. The number of carbonyl (C=O) groups excluding carboxylic acids is 1. The molecule has 1 fully saturated rings. The molecule has 184 valence electrons. The summed E-state index contributed by atoms with van der Waals surface area (Å²) in [5.74, 6) is 0.977. The van der Waals surface area contributed by atoms with Crippen molar-refractivity contribution in [2.45, 2.75) is 20.3 Å². The lowest BCUT2D eigenvalue weighted by Gasteiger charge is -2.36. The van der Waals surface area contributed by atoms with Crippen LogP contribution in [0, 0.1) is 12.8 Å². The largest absolute Gasteiger partial charge is 0.338 e. The highest BCUT2D eigenvalue weighted by atomic mass is 16.2. The Kier molecular flexibility index (Phi) is 7.07. The third-order valence-corrected chi connectivity index (χ3v) is 6.79. The van der Waals surface area contributed by atoms with Gasteiger partial charge in [0.2, 0.25) is 11.9 Å². The summed E-state index contributed by atoms with van der Waals surface area (Å²) in [7, 11) is 0. The minimum Gasteiger partial charge on any atom is -0.338 e. The van der Waals surface area contributed by atoms with Crippen molar-refractivity contribution in [2.75, 3.05) is 37.6 Å². The SMILES string of the molecule is CCC1C=C(c2cccc(C)c2)N(CC(=O)N2CCN(c3ncccn3)CC2)N=C1c1ccccc1. The van der Waals surface area contributed by atoms with E-state index in [1.165, 1.54) is 5.56 Å². The molecular formula is C29H32N6O. The van der Waals surface area contributed by atoms with Gasteiger partial charge in [-0.3, -0.25) is 9.80 Å². The van der Waals surface area contributed by atoms with E-state index < -0.39 is 0 Å². The van der Waals surface area contributed by atoms with Crippen LogP contribution in [0.25, 0.3) is 5.70 Å². The number of amides is 1. The van der Waals surface area contributed by atoms with Crippen LogP contribution >= 0.6 is 0 Å². The zero-order valence-electron chi connectivity index (χ0n) is 20.9. The summed E-state index contributed by atoms with van der Waals surface area (Å²) in [5, 5.41) is 6.99. The van der Waals surface area contributed by atoms with E-state index in [0.717, 1.165) is 29.0 Å². The summed E-state index contributed by atoms with van der Waals surface area (Å²) in [6, 6.07) is 20.5. The van der Waals surface area contributed by atoms with Gasteiger partial charge in [-0.2, -0.15) is 5.10 Å². The average Bonchev–Trinajstić information content (AvgIpc) is 2.94. The Hall–Kier alpha value is -4.00. The molecule has 7 heteroatoms. The van der Waals surface area contributed by atoms with Gasteiger partial charge in [-0.15, -0.1) is 0 Å². The molecule has 1 unspecified atom stereocenters. The monoisotopic (exact) mass is 480 g/mol. The second kappa shape index (κ2) is 10.7. The van der Waals surface area contributed by atoms with Gasteiger partial charge in [-0.05, 0) is 42.7 Å². The van der Waals surface area contributed by atoms with Gasteiger partial charge in [0.15, 0.2) is 0 Å². The van der Waals surface area contributed by atoms with Gasteiger partial charge in [0.1, 0.15) is 6.54 Å². The maximum atomic E-state index is 13.5. The molecule has 0 saturated carbocycles. The van der Waals surface area contributed by atoms with Crippen LogP contribution in [-0.2, 0) is 4.79 Å². The molecule has 1 saturated heterocycles. The van der Waals surface area contributed by atoms with E-state index in [-0.39, 0.29) is 18.4 Å². The summed E-state index contributed by atoms with van der Waals surface area (Å²) in [4.78, 5) is 26.2. The summed E-state index contributed by atoms with van der Waals surface area (Å²) < 4.78 is 0. The maximum Gasteiger partial charge on any atom is 0.244 e. The molecule has 1 atom stereocenters. The van der Waals surface area contributed by atoms with E-state index >= 15 is 0 Å². The van der Waals surface area contributed by atoms with E-state index in [4.69, 9.17) is 5.10 Å². The highest BCUT2D eigenvalue weighted by molar-refractivity contribution is 6.05. The Labute approximate surface area is 212 Å². The predicted molar refractivity (Wildman–Crippen MR) is 143 cm³/mol. The number of carbonyl (C=O) groups is 1. The lowest BCUT2D eigenvalue weighted by atomic mass is 9.91. The Morgan fingerprint density at radius 3 is 2.33 bits per heavy atom. The van der Waals surface area contributed by atoms with Crippen molar-refractivity contribution in [2.24, 2.45) is 11.0 Å². The van der Waals surface area contributed by atoms with E-state index in [2.05, 4.69) is 71.2 Å². The third-order valence-electron chi connectivity index (χ3n) is 6.79. The fraction of sp³-hybridized carbons (Fsp3) is 0.310. The van der Waals surface area contributed by atoms with E-state index in [9.17, 15) is 4.79 Å². The van der Waals surface area contributed by atoms with Gasteiger partial charge in [-0.1, -0.05) is 61.0 Å². The lowest BCUT2D eigenvalue weighted by molar-refractivity contribution is -0.132. The molecule has 3 aromatic rings. The minimum absolute atomic E-state index is 0.0771. The molecule has 2 aliphatic rings. The zero-order chi connectivity index (χ0) is 24.9. The molecule has 2 aromatic carbocycles. The van der Waals surface area contributed by atoms with Crippen LogP contribution in [0.5, 0.6) is 0 Å². The Morgan fingerprint density at radius 2 is 1.64 bits per heavy atom. The van der Waals surface area contributed by atoms with Crippen molar-refractivity contribution >= 4 is 23.3 Å². The molecule has 5 rings (SSSR count). The number of allylic oxidation sites excluding steroid dienone is 1. The summed E-state index contributed by atoms with van der Waals surface area (Å²) >= 11 is 0.